The molecule has 0 heterocycles. The molecule has 0 atom stereocenters. The molecule has 0 rings (SSSR count). The van der Waals surface area contributed by atoms with Crippen molar-refractivity contribution in [3.05, 3.63) is 0 Å². The van der Waals surface area contributed by atoms with Gasteiger partial charge in [-0.25, -0.2) is 0 Å². The Labute approximate surface area is 78.1 Å². The second-order valence-corrected chi connectivity index (χ2v) is 2.71. The van der Waals surface area contributed by atoms with E-state index in [-0.39, 0.29) is 0 Å². The van der Waals surface area contributed by atoms with Crippen LogP contribution in [0.4, 0.5) is 0 Å². The van der Waals surface area contributed by atoms with Crippen LogP contribution in [0.15, 0.2) is 0 Å². The predicted octanol–water partition coefficient (Wildman–Crippen LogP) is 2.01. The van der Waals surface area contributed by atoms with Crippen LogP contribution in [0.3, 0.4) is 0 Å². The molecular weight excluding hydrogens is 148 g/mol. The van der Waals surface area contributed by atoms with Crippen LogP contribution in [-0.4, -0.2) is 26.2 Å². The highest BCUT2D eigenvalue weighted by Crippen LogP contribution is 1.71. The molecule has 0 aliphatic heterocycles. The molecule has 12 heavy (non-hydrogen) atoms. The van der Waals surface area contributed by atoms with Crippen LogP contribution in [0.1, 0.15) is 40.5 Å². The van der Waals surface area contributed by atoms with Gasteiger partial charge in [-0.05, 0) is 39.0 Å². The molecule has 2 N–H and O–H groups in total. The standard InChI is InChI=1S/C6H15N.C4H11N/c1-3-5-7-6-4-2;1-3-5-4-2/h7H,3-6H2,1-2H3;5H,3-4H2,1-2H3. The Kier molecular flexibility index (Phi) is 20.6. The molecule has 0 saturated heterocycles. The molecule has 76 valence electrons. The molecule has 0 fully saturated rings. The summed E-state index contributed by atoms with van der Waals surface area (Å²) in [7, 11) is 0. The van der Waals surface area contributed by atoms with Crippen LogP contribution >= 0.6 is 0 Å². The van der Waals surface area contributed by atoms with Crippen molar-refractivity contribution in [1.29, 1.82) is 0 Å². The number of hydrogen-bond acceptors (Lipinski definition) is 2. The molecule has 0 aliphatic rings. The van der Waals surface area contributed by atoms with E-state index in [1.165, 1.54) is 25.9 Å². The monoisotopic (exact) mass is 174 g/mol. The molecule has 2 heteroatoms. The third-order valence-electron chi connectivity index (χ3n) is 1.35. The zero-order chi connectivity index (χ0) is 9.66. The topological polar surface area (TPSA) is 24.1 Å². The fourth-order valence-electron chi connectivity index (χ4n) is 0.729. The van der Waals surface area contributed by atoms with E-state index in [4.69, 9.17) is 0 Å². The maximum Gasteiger partial charge on any atom is -0.00516 e. The van der Waals surface area contributed by atoms with Gasteiger partial charge in [-0.1, -0.05) is 27.7 Å². The quantitative estimate of drug-likeness (QED) is 0.602. The van der Waals surface area contributed by atoms with E-state index in [0.29, 0.717) is 0 Å². The summed E-state index contributed by atoms with van der Waals surface area (Å²) in [5.41, 5.74) is 0. The second kappa shape index (κ2) is 17.1. The van der Waals surface area contributed by atoms with Crippen LogP contribution < -0.4 is 10.6 Å². The highest BCUT2D eigenvalue weighted by molar-refractivity contribution is 4.39. The minimum Gasteiger partial charge on any atom is -0.317 e. The number of rotatable bonds is 6. The summed E-state index contributed by atoms with van der Waals surface area (Å²) in [6, 6.07) is 0. The first-order chi connectivity index (χ1) is 5.83. The smallest absolute Gasteiger partial charge is 0.00516 e. The van der Waals surface area contributed by atoms with E-state index in [2.05, 4.69) is 38.3 Å². The molecule has 0 aromatic heterocycles. The van der Waals surface area contributed by atoms with E-state index in [9.17, 15) is 0 Å². The van der Waals surface area contributed by atoms with Gasteiger partial charge in [0.1, 0.15) is 0 Å². The van der Waals surface area contributed by atoms with E-state index < -0.39 is 0 Å². The molecule has 0 aliphatic carbocycles. The molecule has 0 amide bonds. The number of nitrogens with one attached hydrogen (secondary N) is 2. The highest BCUT2D eigenvalue weighted by Gasteiger charge is 1.76. The van der Waals surface area contributed by atoms with Crippen molar-refractivity contribution >= 4 is 0 Å². The van der Waals surface area contributed by atoms with Gasteiger partial charge in [-0.15, -0.1) is 0 Å². The molecule has 0 aromatic rings. The van der Waals surface area contributed by atoms with Gasteiger partial charge in [0.25, 0.3) is 0 Å². The predicted molar refractivity (Wildman–Crippen MR) is 57.7 cm³/mol. The van der Waals surface area contributed by atoms with E-state index >= 15 is 0 Å². The van der Waals surface area contributed by atoms with Crippen LogP contribution in [-0.2, 0) is 0 Å². The van der Waals surface area contributed by atoms with Crippen LogP contribution in [0, 0.1) is 0 Å². The van der Waals surface area contributed by atoms with Gasteiger partial charge < -0.3 is 10.6 Å². The zero-order valence-corrected chi connectivity index (χ0v) is 9.24. The Bertz CT molecular complexity index is 49.8. The van der Waals surface area contributed by atoms with E-state index in [1.54, 1.807) is 0 Å². The van der Waals surface area contributed by atoms with Gasteiger partial charge in [-0.2, -0.15) is 0 Å². The summed E-state index contributed by atoms with van der Waals surface area (Å²) in [5, 5.41) is 6.40. The van der Waals surface area contributed by atoms with E-state index in [1.807, 2.05) is 0 Å². The van der Waals surface area contributed by atoms with Gasteiger partial charge >= 0.3 is 0 Å². The van der Waals surface area contributed by atoms with Crippen molar-refractivity contribution in [2.24, 2.45) is 0 Å². The van der Waals surface area contributed by atoms with E-state index in [0.717, 1.165) is 13.1 Å². The Hall–Kier alpha value is -0.0800. The van der Waals surface area contributed by atoms with Gasteiger partial charge in [0, 0.05) is 0 Å². The van der Waals surface area contributed by atoms with Crippen LogP contribution in [0.2, 0.25) is 0 Å². The summed E-state index contributed by atoms with van der Waals surface area (Å²) < 4.78 is 0. The fraction of sp³-hybridized carbons (Fsp3) is 1.00. The molecule has 0 spiro atoms. The lowest BCUT2D eigenvalue weighted by Crippen LogP contribution is -2.14. The van der Waals surface area contributed by atoms with Crippen molar-refractivity contribution in [2.45, 2.75) is 40.5 Å². The third kappa shape index (κ3) is 22.5. The molecule has 0 saturated carbocycles. The summed E-state index contributed by atoms with van der Waals surface area (Å²) in [6.07, 6.45) is 2.50. The lowest BCUT2D eigenvalue weighted by Gasteiger charge is -1.95. The first-order valence-corrected chi connectivity index (χ1v) is 5.24. The van der Waals surface area contributed by atoms with Crippen LogP contribution in [0.25, 0.3) is 0 Å². The SMILES string of the molecule is CCCNCCC.CCNCC. The third-order valence-corrected chi connectivity index (χ3v) is 1.35. The van der Waals surface area contributed by atoms with Gasteiger partial charge in [0.15, 0.2) is 0 Å². The Morgan fingerprint density at radius 3 is 1.25 bits per heavy atom. The van der Waals surface area contributed by atoms with Crippen molar-refractivity contribution in [1.82, 2.24) is 10.6 Å². The molecule has 0 aromatic carbocycles. The average Bonchev–Trinajstić information content (AvgIpc) is 2.08. The fourth-order valence-corrected chi connectivity index (χ4v) is 0.729. The minimum absolute atomic E-state index is 1.09. The molecular formula is C10H26N2. The Balaban J connectivity index is 0. The maximum atomic E-state index is 3.28. The van der Waals surface area contributed by atoms with Crippen molar-refractivity contribution in [3.63, 3.8) is 0 Å². The molecule has 0 unspecified atom stereocenters. The van der Waals surface area contributed by atoms with Gasteiger partial charge in [0.2, 0.25) is 0 Å². The Morgan fingerprint density at radius 2 is 1.08 bits per heavy atom. The second-order valence-electron chi connectivity index (χ2n) is 2.71. The summed E-state index contributed by atoms with van der Waals surface area (Å²) in [6.45, 7) is 13.1. The van der Waals surface area contributed by atoms with Crippen molar-refractivity contribution in [3.8, 4) is 0 Å². The highest BCUT2D eigenvalue weighted by atomic mass is 14.8. The molecule has 2 nitrogen and oxygen atoms in total. The van der Waals surface area contributed by atoms with Crippen LogP contribution in [0.5, 0.6) is 0 Å². The lowest BCUT2D eigenvalue weighted by atomic mass is 10.4. The first-order valence-electron chi connectivity index (χ1n) is 5.24. The minimum atomic E-state index is 1.09. The summed E-state index contributed by atoms with van der Waals surface area (Å²) in [5.74, 6) is 0. The van der Waals surface area contributed by atoms with Gasteiger partial charge in [-0.3, -0.25) is 0 Å². The first kappa shape index (κ1) is 14.4. The lowest BCUT2D eigenvalue weighted by molar-refractivity contribution is 0.662. The Morgan fingerprint density at radius 1 is 0.667 bits per heavy atom. The zero-order valence-electron chi connectivity index (χ0n) is 9.24. The maximum absolute atomic E-state index is 3.28. The molecule has 0 bridgehead atoms. The summed E-state index contributed by atoms with van der Waals surface area (Å²) in [4.78, 5) is 0. The largest absolute Gasteiger partial charge is 0.317 e. The van der Waals surface area contributed by atoms with Gasteiger partial charge in [0.05, 0.1) is 0 Å². The molecule has 0 radical (unpaired) electrons. The summed E-state index contributed by atoms with van der Waals surface area (Å²) >= 11 is 0. The van der Waals surface area contributed by atoms with Crippen molar-refractivity contribution in [2.75, 3.05) is 26.2 Å². The average molecular weight is 174 g/mol. The van der Waals surface area contributed by atoms with Crippen molar-refractivity contribution < 1.29 is 0 Å². The normalized spacial score (nSPS) is 9.00. The number of hydrogen-bond donors (Lipinski definition) is 2.